The van der Waals surface area contributed by atoms with Crippen LogP contribution < -0.4 is 10.6 Å². The second-order valence-electron chi connectivity index (χ2n) is 10.8. The monoisotopic (exact) mass is 557 g/mol. The van der Waals surface area contributed by atoms with E-state index < -0.39 is 36.2 Å². The lowest BCUT2D eigenvalue weighted by molar-refractivity contribution is -0.143. The predicted molar refractivity (Wildman–Crippen MR) is 153 cm³/mol. The van der Waals surface area contributed by atoms with Crippen LogP contribution in [0, 0.1) is 0 Å². The smallest absolute Gasteiger partial charge is 0.407 e. The summed E-state index contributed by atoms with van der Waals surface area (Å²) in [6.07, 6.45) is 0.219. The predicted octanol–water partition coefficient (Wildman–Crippen LogP) is 3.51. The number of benzene rings is 3. The summed E-state index contributed by atoms with van der Waals surface area (Å²) in [6, 6.07) is 24.9. The Morgan fingerprint density at radius 3 is 2.07 bits per heavy atom. The normalized spacial score (nSPS) is 16.7. The molecule has 9 nitrogen and oxygen atoms in total. The van der Waals surface area contributed by atoms with Crippen molar-refractivity contribution in [3.05, 3.63) is 95.6 Å². The molecule has 1 atom stereocenters. The first kappa shape index (κ1) is 28.3. The number of piperidine rings is 1. The number of carboxylic acids is 1. The molecule has 1 heterocycles. The highest BCUT2D eigenvalue weighted by molar-refractivity contribution is 5.85. The Morgan fingerprint density at radius 1 is 0.902 bits per heavy atom. The van der Waals surface area contributed by atoms with Gasteiger partial charge in [-0.05, 0) is 40.7 Å². The Hall–Kier alpha value is -4.21. The van der Waals surface area contributed by atoms with E-state index in [4.69, 9.17) is 4.74 Å². The first-order chi connectivity index (χ1) is 19.9. The number of aliphatic hydroxyl groups is 1. The molecule has 0 spiro atoms. The average molecular weight is 558 g/mol. The number of amides is 2. The summed E-state index contributed by atoms with van der Waals surface area (Å²) in [5, 5.41) is 24.0. The Kier molecular flexibility index (Phi) is 8.66. The number of aliphatic hydroxyl groups excluding tert-OH is 1. The standard InChI is InChI=1S/C32H35N3O6/c36-20-28(30(38)39)33-29(37)18-32(14-16-35(17-15-32)19-22-8-2-1-3-9-22)34-31(40)41-21-27-25-12-6-4-10-23(25)24-11-5-7-13-26(24)27/h1-13,27-28,36H,14-21H2,(H,33,37)(H,34,40)(H,38,39)/t28-/m1/s1. The van der Waals surface area contributed by atoms with Crippen molar-refractivity contribution >= 4 is 18.0 Å². The molecule has 0 saturated carbocycles. The zero-order chi connectivity index (χ0) is 28.8. The van der Waals surface area contributed by atoms with Crippen LogP contribution in [0.4, 0.5) is 4.79 Å². The summed E-state index contributed by atoms with van der Waals surface area (Å²) in [5.41, 5.74) is 4.73. The van der Waals surface area contributed by atoms with Crippen LogP contribution in [0.3, 0.4) is 0 Å². The molecule has 2 amide bonds. The minimum Gasteiger partial charge on any atom is -0.480 e. The lowest BCUT2D eigenvalue weighted by atomic mass is 9.83. The van der Waals surface area contributed by atoms with Crippen LogP contribution >= 0.6 is 0 Å². The molecule has 4 N–H and O–H groups in total. The van der Waals surface area contributed by atoms with E-state index in [0.29, 0.717) is 25.9 Å². The molecule has 9 heteroatoms. The number of aliphatic carboxylic acids is 1. The number of likely N-dealkylation sites (tertiary alicyclic amines) is 1. The Balaban J connectivity index is 1.26. The fraction of sp³-hybridized carbons (Fsp3) is 0.344. The van der Waals surface area contributed by atoms with Gasteiger partial charge in [0.25, 0.3) is 0 Å². The lowest BCUT2D eigenvalue weighted by Gasteiger charge is -2.42. The highest BCUT2D eigenvalue weighted by atomic mass is 16.5. The van der Waals surface area contributed by atoms with Crippen LogP contribution in [0.25, 0.3) is 11.1 Å². The maximum Gasteiger partial charge on any atom is 0.407 e. The second kappa shape index (κ2) is 12.5. The van der Waals surface area contributed by atoms with Gasteiger partial charge in [0.05, 0.1) is 12.1 Å². The fourth-order valence-electron chi connectivity index (χ4n) is 5.92. The van der Waals surface area contributed by atoms with Crippen LogP contribution in [-0.2, 0) is 20.9 Å². The first-order valence-electron chi connectivity index (χ1n) is 13.9. The molecular weight excluding hydrogens is 522 g/mol. The summed E-state index contributed by atoms with van der Waals surface area (Å²) >= 11 is 0. The van der Waals surface area contributed by atoms with Gasteiger partial charge in [0.1, 0.15) is 12.6 Å². The van der Waals surface area contributed by atoms with Gasteiger partial charge in [0.15, 0.2) is 0 Å². The highest BCUT2D eigenvalue weighted by Crippen LogP contribution is 2.44. The van der Waals surface area contributed by atoms with Crippen molar-refractivity contribution in [2.45, 2.75) is 43.3 Å². The van der Waals surface area contributed by atoms with Crippen LogP contribution in [0.1, 0.15) is 41.9 Å². The minimum atomic E-state index is -1.41. The molecule has 0 bridgehead atoms. The van der Waals surface area contributed by atoms with E-state index in [2.05, 4.69) is 51.9 Å². The molecule has 41 heavy (non-hydrogen) atoms. The van der Waals surface area contributed by atoms with Crippen molar-refractivity contribution in [3.8, 4) is 11.1 Å². The Morgan fingerprint density at radius 2 is 1.49 bits per heavy atom. The van der Waals surface area contributed by atoms with Crippen molar-refractivity contribution in [1.29, 1.82) is 0 Å². The van der Waals surface area contributed by atoms with E-state index in [0.717, 1.165) is 28.8 Å². The topological polar surface area (TPSA) is 128 Å². The zero-order valence-electron chi connectivity index (χ0n) is 22.8. The van der Waals surface area contributed by atoms with Gasteiger partial charge >= 0.3 is 12.1 Å². The van der Waals surface area contributed by atoms with Crippen LogP contribution in [0.2, 0.25) is 0 Å². The highest BCUT2D eigenvalue weighted by Gasteiger charge is 2.39. The van der Waals surface area contributed by atoms with Gasteiger partial charge in [-0.25, -0.2) is 9.59 Å². The number of rotatable bonds is 10. The summed E-state index contributed by atoms with van der Waals surface area (Å²) < 4.78 is 5.78. The molecular formula is C32H35N3O6. The Bertz CT molecular complexity index is 1340. The van der Waals surface area contributed by atoms with Gasteiger partial charge in [0.2, 0.25) is 5.91 Å². The summed E-state index contributed by atoms with van der Waals surface area (Å²) in [4.78, 5) is 39.7. The molecule has 2 aliphatic rings. The van der Waals surface area contributed by atoms with Crippen molar-refractivity contribution < 1.29 is 29.3 Å². The number of alkyl carbamates (subject to hydrolysis) is 1. The molecule has 1 aliphatic carbocycles. The maximum absolute atomic E-state index is 13.2. The molecule has 0 aromatic heterocycles. The van der Waals surface area contributed by atoms with E-state index in [1.54, 1.807) is 0 Å². The minimum absolute atomic E-state index is 0.0963. The number of nitrogens with zero attached hydrogens (tertiary/aromatic N) is 1. The van der Waals surface area contributed by atoms with E-state index in [-0.39, 0.29) is 18.9 Å². The molecule has 3 aromatic carbocycles. The molecule has 3 aromatic rings. The molecule has 5 rings (SSSR count). The van der Waals surface area contributed by atoms with Gasteiger partial charge in [-0.2, -0.15) is 0 Å². The van der Waals surface area contributed by atoms with Gasteiger partial charge in [-0.3, -0.25) is 9.69 Å². The van der Waals surface area contributed by atoms with E-state index in [9.17, 15) is 24.6 Å². The van der Waals surface area contributed by atoms with Crippen molar-refractivity contribution in [2.24, 2.45) is 0 Å². The summed E-state index contributed by atoms with van der Waals surface area (Å²) in [5.74, 6) is -1.97. The Labute approximate surface area is 239 Å². The van der Waals surface area contributed by atoms with Crippen LogP contribution in [0.15, 0.2) is 78.9 Å². The van der Waals surface area contributed by atoms with Crippen LogP contribution in [-0.4, -0.2) is 71.0 Å². The van der Waals surface area contributed by atoms with Gasteiger partial charge < -0.3 is 25.6 Å². The summed E-state index contributed by atoms with van der Waals surface area (Å²) in [7, 11) is 0. The molecule has 0 unspecified atom stereocenters. The fourth-order valence-corrected chi connectivity index (χ4v) is 5.92. The second-order valence-corrected chi connectivity index (χ2v) is 10.8. The largest absolute Gasteiger partial charge is 0.480 e. The lowest BCUT2D eigenvalue weighted by Crippen LogP contribution is -2.58. The number of carbonyl (C=O) groups is 3. The third-order valence-corrected chi connectivity index (χ3v) is 8.09. The number of carboxylic acid groups (broad SMARTS) is 1. The molecule has 0 radical (unpaired) electrons. The number of hydrogen-bond acceptors (Lipinski definition) is 6. The molecule has 1 saturated heterocycles. The number of carbonyl (C=O) groups excluding carboxylic acids is 2. The first-order valence-corrected chi connectivity index (χ1v) is 13.9. The van der Waals surface area contributed by atoms with Crippen LogP contribution in [0.5, 0.6) is 0 Å². The molecule has 1 aliphatic heterocycles. The number of fused-ring (bicyclic) bond motifs is 3. The van der Waals surface area contributed by atoms with Crippen molar-refractivity contribution in [2.75, 3.05) is 26.3 Å². The summed E-state index contributed by atoms with van der Waals surface area (Å²) in [6.45, 7) is 1.44. The number of hydrogen-bond donors (Lipinski definition) is 4. The molecule has 214 valence electrons. The SMILES string of the molecule is O=C(CC1(NC(=O)OCC2c3ccccc3-c3ccccc32)CCN(Cc2ccccc2)CC1)N[C@H](CO)C(=O)O. The number of nitrogens with one attached hydrogen (secondary N) is 2. The van der Waals surface area contributed by atoms with E-state index >= 15 is 0 Å². The average Bonchev–Trinajstić information content (AvgIpc) is 3.30. The zero-order valence-corrected chi connectivity index (χ0v) is 22.8. The van der Waals surface area contributed by atoms with Crippen molar-refractivity contribution in [3.63, 3.8) is 0 Å². The third kappa shape index (κ3) is 6.58. The van der Waals surface area contributed by atoms with E-state index in [1.165, 1.54) is 5.56 Å². The van der Waals surface area contributed by atoms with Gasteiger partial charge in [-0.1, -0.05) is 78.9 Å². The van der Waals surface area contributed by atoms with Crippen molar-refractivity contribution in [1.82, 2.24) is 15.5 Å². The third-order valence-electron chi connectivity index (χ3n) is 8.09. The molecule has 1 fully saturated rings. The van der Waals surface area contributed by atoms with Gasteiger partial charge in [0, 0.05) is 32.0 Å². The quantitative estimate of drug-likeness (QED) is 0.300. The maximum atomic E-state index is 13.2. The van der Waals surface area contributed by atoms with Gasteiger partial charge in [-0.15, -0.1) is 0 Å². The number of ether oxygens (including phenoxy) is 1. The van der Waals surface area contributed by atoms with E-state index in [1.807, 2.05) is 42.5 Å².